The van der Waals surface area contributed by atoms with E-state index in [2.05, 4.69) is 4.18 Å². The van der Waals surface area contributed by atoms with Gasteiger partial charge in [-0.05, 0) is 23.8 Å². The van der Waals surface area contributed by atoms with E-state index in [-0.39, 0.29) is 5.56 Å². The number of nitro benzene ring substituents is 1. The Kier molecular flexibility index (Phi) is 4.36. The second-order valence-corrected chi connectivity index (χ2v) is 5.85. The van der Waals surface area contributed by atoms with E-state index in [0.717, 1.165) is 24.3 Å². The third kappa shape index (κ3) is 3.98. The van der Waals surface area contributed by atoms with Crippen LogP contribution in [0.3, 0.4) is 0 Å². The summed E-state index contributed by atoms with van der Waals surface area (Å²) in [5.74, 6) is -2.77. The number of hydrogen-bond acceptors (Lipinski definition) is 5. The van der Waals surface area contributed by atoms with Gasteiger partial charge in [0.05, 0.1) is 4.92 Å². The van der Waals surface area contributed by atoms with E-state index in [4.69, 9.17) is 0 Å². The first kappa shape index (κ1) is 15.8. The van der Waals surface area contributed by atoms with Crippen molar-refractivity contribution >= 4 is 15.8 Å². The Morgan fingerprint density at radius 1 is 1.05 bits per heavy atom. The van der Waals surface area contributed by atoms with Crippen LogP contribution in [0, 0.1) is 21.7 Å². The third-order valence-electron chi connectivity index (χ3n) is 2.59. The van der Waals surface area contributed by atoms with Crippen LogP contribution in [0.4, 0.5) is 14.5 Å². The minimum atomic E-state index is -4.27. The lowest BCUT2D eigenvalue weighted by Gasteiger charge is -2.07. The SMILES string of the molecule is O=[N+]([O-])c1ccc(F)cc1OS(=O)(=O)Cc1ccc(F)cc1. The highest BCUT2D eigenvalue weighted by Gasteiger charge is 2.22. The summed E-state index contributed by atoms with van der Waals surface area (Å²) < 4.78 is 54.2. The molecular formula is C13H9F2NO5S. The van der Waals surface area contributed by atoms with Gasteiger partial charge in [-0.3, -0.25) is 10.1 Å². The summed E-state index contributed by atoms with van der Waals surface area (Å²) in [6.07, 6.45) is 0. The molecule has 116 valence electrons. The lowest BCUT2D eigenvalue weighted by atomic mass is 10.2. The van der Waals surface area contributed by atoms with Gasteiger partial charge in [-0.15, -0.1) is 0 Å². The fraction of sp³-hybridized carbons (Fsp3) is 0.0769. The van der Waals surface area contributed by atoms with Crippen LogP contribution < -0.4 is 4.18 Å². The second kappa shape index (κ2) is 6.06. The molecule has 0 fully saturated rings. The average molecular weight is 329 g/mol. The van der Waals surface area contributed by atoms with Crippen LogP contribution in [-0.4, -0.2) is 13.3 Å². The summed E-state index contributed by atoms with van der Waals surface area (Å²) in [6, 6.07) is 6.83. The van der Waals surface area contributed by atoms with Crippen molar-refractivity contribution in [3.8, 4) is 5.75 Å². The maximum atomic E-state index is 13.1. The molecule has 0 bridgehead atoms. The van der Waals surface area contributed by atoms with E-state index in [9.17, 15) is 27.3 Å². The van der Waals surface area contributed by atoms with Crippen molar-refractivity contribution in [2.45, 2.75) is 5.75 Å². The summed E-state index contributed by atoms with van der Waals surface area (Å²) >= 11 is 0. The van der Waals surface area contributed by atoms with Crippen molar-refractivity contribution in [2.75, 3.05) is 0 Å². The first-order valence-electron chi connectivity index (χ1n) is 5.87. The fourth-order valence-electron chi connectivity index (χ4n) is 1.66. The zero-order valence-electron chi connectivity index (χ0n) is 10.9. The molecule has 0 aliphatic rings. The maximum Gasteiger partial charge on any atom is 0.313 e. The van der Waals surface area contributed by atoms with Gasteiger partial charge in [-0.25, -0.2) is 8.78 Å². The first-order chi connectivity index (χ1) is 10.3. The number of halogens is 2. The predicted octanol–water partition coefficient (Wildman–Crippen LogP) is 2.78. The van der Waals surface area contributed by atoms with E-state index in [0.29, 0.717) is 6.07 Å². The minimum absolute atomic E-state index is 0.223. The van der Waals surface area contributed by atoms with Crippen LogP contribution in [0.5, 0.6) is 5.75 Å². The van der Waals surface area contributed by atoms with E-state index < -0.39 is 43.9 Å². The van der Waals surface area contributed by atoms with Crippen LogP contribution in [0.1, 0.15) is 5.56 Å². The number of rotatable bonds is 5. The second-order valence-electron chi connectivity index (χ2n) is 4.28. The van der Waals surface area contributed by atoms with Crippen molar-refractivity contribution in [1.29, 1.82) is 0 Å². The Hall–Kier alpha value is -2.55. The Bertz CT molecular complexity index is 806. The first-order valence-corrected chi connectivity index (χ1v) is 7.45. The maximum absolute atomic E-state index is 13.1. The number of benzene rings is 2. The van der Waals surface area contributed by atoms with Crippen LogP contribution in [0.15, 0.2) is 42.5 Å². The monoisotopic (exact) mass is 329 g/mol. The van der Waals surface area contributed by atoms with Gasteiger partial charge in [-0.1, -0.05) is 12.1 Å². The van der Waals surface area contributed by atoms with Crippen molar-refractivity contribution in [3.63, 3.8) is 0 Å². The minimum Gasteiger partial charge on any atom is -0.375 e. The molecule has 0 spiro atoms. The quantitative estimate of drug-likeness (QED) is 0.478. The van der Waals surface area contributed by atoms with Gasteiger partial charge in [0.25, 0.3) is 0 Å². The Morgan fingerprint density at radius 2 is 1.64 bits per heavy atom. The van der Waals surface area contributed by atoms with Crippen LogP contribution in [0.25, 0.3) is 0 Å². The molecular weight excluding hydrogens is 320 g/mol. The Morgan fingerprint density at radius 3 is 2.23 bits per heavy atom. The topological polar surface area (TPSA) is 86.5 Å². The van der Waals surface area contributed by atoms with Gasteiger partial charge in [-0.2, -0.15) is 8.42 Å². The van der Waals surface area contributed by atoms with Gasteiger partial charge in [0.2, 0.25) is 5.75 Å². The predicted molar refractivity (Wildman–Crippen MR) is 72.7 cm³/mol. The van der Waals surface area contributed by atoms with Crippen molar-refractivity contribution in [2.24, 2.45) is 0 Å². The van der Waals surface area contributed by atoms with E-state index in [1.165, 1.54) is 12.1 Å². The summed E-state index contributed by atoms with van der Waals surface area (Å²) in [5.41, 5.74) is -0.454. The molecule has 0 amide bonds. The van der Waals surface area contributed by atoms with Gasteiger partial charge < -0.3 is 4.18 Å². The molecule has 0 radical (unpaired) electrons. The van der Waals surface area contributed by atoms with Gasteiger partial charge in [0.1, 0.15) is 17.4 Å². The van der Waals surface area contributed by atoms with Gasteiger partial charge >= 0.3 is 15.8 Å². The number of hydrogen-bond donors (Lipinski definition) is 0. The molecule has 0 heterocycles. The molecule has 0 saturated heterocycles. The molecule has 22 heavy (non-hydrogen) atoms. The van der Waals surface area contributed by atoms with Crippen molar-refractivity contribution in [3.05, 3.63) is 69.8 Å². The van der Waals surface area contributed by atoms with E-state index in [1.807, 2.05) is 0 Å². The largest absolute Gasteiger partial charge is 0.375 e. The summed E-state index contributed by atoms with van der Waals surface area (Å²) in [6.45, 7) is 0. The lowest BCUT2D eigenvalue weighted by Crippen LogP contribution is -2.13. The van der Waals surface area contributed by atoms with Crippen molar-refractivity contribution in [1.82, 2.24) is 0 Å². The standard InChI is InChI=1S/C13H9F2NO5S/c14-10-3-1-9(2-4-10)8-22(19,20)21-13-7-11(15)5-6-12(13)16(17)18/h1-7H,8H2. The molecule has 2 aromatic rings. The molecule has 0 aliphatic heterocycles. The molecule has 0 saturated carbocycles. The molecule has 9 heteroatoms. The molecule has 2 rings (SSSR count). The van der Waals surface area contributed by atoms with Gasteiger partial charge in [0, 0.05) is 12.1 Å². The summed E-state index contributed by atoms with van der Waals surface area (Å²) in [7, 11) is -4.27. The van der Waals surface area contributed by atoms with E-state index in [1.54, 1.807) is 0 Å². The van der Waals surface area contributed by atoms with E-state index >= 15 is 0 Å². The number of nitro groups is 1. The van der Waals surface area contributed by atoms with Crippen LogP contribution in [-0.2, 0) is 15.9 Å². The Balaban J connectivity index is 2.27. The molecule has 2 aromatic carbocycles. The highest BCUT2D eigenvalue weighted by molar-refractivity contribution is 7.86. The van der Waals surface area contributed by atoms with Gasteiger partial charge in [0.15, 0.2) is 0 Å². The molecule has 0 aliphatic carbocycles. The highest BCUT2D eigenvalue weighted by atomic mass is 32.2. The molecule has 6 nitrogen and oxygen atoms in total. The lowest BCUT2D eigenvalue weighted by molar-refractivity contribution is -0.385. The molecule has 0 atom stereocenters. The highest BCUT2D eigenvalue weighted by Crippen LogP contribution is 2.29. The normalized spacial score (nSPS) is 11.2. The molecule has 0 aromatic heterocycles. The Labute approximate surface area is 124 Å². The van der Waals surface area contributed by atoms with Crippen molar-refractivity contribution < 1.29 is 26.3 Å². The molecule has 0 unspecified atom stereocenters. The van der Waals surface area contributed by atoms with Crippen LogP contribution in [0.2, 0.25) is 0 Å². The molecule has 0 N–H and O–H groups in total. The zero-order valence-corrected chi connectivity index (χ0v) is 11.7. The average Bonchev–Trinajstić information content (AvgIpc) is 2.40. The zero-order chi connectivity index (χ0) is 16.3. The third-order valence-corrected chi connectivity index (χ3v) is 3.71. The number of nitrogens with zero attached hydrogens (tertiary/aromatic N) is 1. The smallest absolute Gasteiger partial charge is 0.313 e. The summed E-state index contributed by atoms with van der Waals surface area (Å²) in [4.78, 5) is 9.89. The van der Waals surface area contributed by atoms with Crippen LogP contribution >= 0.6 is 0 Å². The fourth-order valence-corrected chi connectivity index (χ4v) is 2.72. The summed E-state index contributed by atoms with van der Waals surface area (Å²) in [5, 5.41) is 10.8.